The van der Waals surface area contributed by atoms with Crippen LogP contribution in [0.5, 0.6) is 0 Å². The Morgan fingerprint density at radius 1 is 0.759 bits per heavy atom. The van der Waals surface area contributed by atoms with Crippen molar-refractivity contribution in [3.8, 4) is 0 Å². The molecule has 0 heterocycles. The van der Waals surface area contributed by atoms with E-state index in [1.165, 1.54) is 18.7 Å². The smallest absolute Gasteiger partial charge is 0.303 e. The number of rotatable bonds is 9. The number of nitrogens with one attached hydrogen (secondary N) is 3. The first-order chi connectivity index (χ1) is 13.8. The molecule has 0 bridgehead atoms. The van der Waals surface area contributed by atoms with Gasteiger partial charge in [0.1, 0.15) is 0 Å². The summed E-state index contributed by atoms with van der Waals surface area (Å²) in [7, 11) is 0. The summed E-state index contributed by atoms with van der Waals surface area (Å²) in [5.41, 5.74) is 1.84. The lowest BCUT2D eigenvalue weighted by molar-refractivity contribution is -0.138. The highest BCUT2D eigenvalue weighted by Gasteiger charge is 2.07. The van der Waals surface area contributed by atoms with Gasteiger partial charge < -0.3 is 21.1 Å². The van der Waals surface area contributed by atoms with Crippen molar-refractivity contribution in [2.45, 2.75) is 24.7 Å². The molecule has 8 nitrogen and oxygen atoms in total. The van der Waals surface area contributed by atoms with Crippen LogP contribution in [0.25, 0.3) is 0 Å². The Hall–Kier alpha value is -3.33. The lowest BCUT2D eigenvalue weighted by Crippen LogP contribution is -2.14. The van der Waals surface area contributed by atoms with E-state index in [4.69, 9.17) is 5.11 Å². The van der Waals surface area contributed by atoms with Gasteiger partial charge in [0.25, 0.3) is 0 Å². The van der Waals surface area contributed by atoms with Crippen molar-refractivity contribution >= 4 is 52.5 Å². The molecule has 4 N–H and O–H groups in total. The Bertz CT molecular complexity index is 882. The molecule has 152 valence electrons. The summed E-state index contributed by atoms with van der Waals surface area (Å²) in [5, 5.41) is 16.6. The Morgan fingerprint density at radius 3 is 1.76 bits per heavy atom. The van der Waals surface area contributed by atoms with Gasteiger partial charge in [-0.15, -0.1) is 11.8 Å². The maximum Gasteiger partial charge on any atom is 0.303 e. The molecule has 0 aliphatic carbocycles. The van der Waals surface area contributed by atoms with Crippen LogP contribution in [-0.4, -0.2) is 34.6 Å². The van der Waals surface area contributed by atoms with Crippen molar-refractivity contribution < 1.29 is 24.3 Å². The Morgan fingerprint density at radius 2 is 1.24 bits per heavy atom. The van der Waals surface area contributed by atoms with E-state index in [1.54, 1.807) is 48.5 Å². The van der Waals surface area contributed by atoms with Crippen molar-refractivity contribution in [2.75, 3.05) is 21.7 Å². The normalized spacial score (nSPS) is 10.1. The fourth-order valence-electron chi connectivity index (χ4n) is 2.26. The maximum atomic E-state index is 12.1. The molecule has 0 aromatic heterocycles. The van der Waals surface area contributed by atoms with Gasteiger partial charge in [-0.05, 0) is 48.5 Å². The number of carboxylic acids is 1. The number of anilines is 3. The minimum atomic E-state index is -1.02. The molecule has 0 aliphatic rings. The third-order valence-electron chi connectivity index (χ3n) is 3.56. The summed E-state index contributed by atoms with van der Waals surface area (Å²) in [6.07, 6.45) is -0.303. The number of carbonyl (C=O) groups is 4. The Kier molecular flexibility index (Phi) is 8.23. The van der Waals surface area contributed by atoms with Crippen molar-refractivity contribution in [2.24, 2.45) is 0 Å². The fraction of sp³-hybridized carbons (Fsp3) is 0.200. The van der Waals surface area contributed by atoms with Gasteiger partial charge in [0.05, 0.1) is 12.2 Å². The zero-order chi connectivity index (χ0) is 21.2. The molecular formula is C20H21N3O5S. The average Bonchev–Trinajstić information content (AvgIpc) is 2.67. The quantitative estimate of drug-likeness (QED) is 0.466. The van der Waals surface area contributed by atoms with Crippen LogP contribution in [0.1, 0.15) is 19.8 Å². The van der Waals surface area contributed by atoms with Crippen LogP contribution in [0.3, 0.4) is 0 Å². The highest BCUT2D eigenvalue weighted by molar-refractivity contribution is 8.00. The first-order valence-electron chi connectivity index (χ1n) is 8.74. The summed E-state index contributed by atoms with van der Waals surface area (Å²) in [6.45, 7) is 1.42. The van der Waals surface area contributed by atoms with Gasteiger partial charge in [-0.3, -0.25) is 19.2 Å². The number of amides is 3. The number of carboxylic acid groups (broad SMARTS) is 1. The van der Waals surface area contributed by atoms with Crippen molar-refractivity contribution in [1.82, 2.24) is 0 Å². The molecule has 3 amide bonds. The van der Waals surface area contributed by atoms with Crippen molar-refractivity contribution in [3.05, 3.63) is 48.5 Å². The van der Waals surface area contributed by atoms with E-state index < -0.39 is 5.97 Å². The van der Waals surface area contributed by atoms with Gasteiger partial charge in [-0.2, -0.15) is 0 Å². The van der Waals surface area contributed by atoms with Crippen LogP contribution < -0.4 is 16.0 Å². The lowest BCUT2D eigenvalue weighted by Gasteiger charge is -2.08. The highest BCUT2D eigenvalue weighted by atomic mass is 32.2. The number of benzene rings is 2. The molecule has 0 saturated carbocycles. The van der Waals surface area contributed by atoms with Crippen LogP contribution in [0, 0.1) is 0 Å². The molecule has 0 aliphatic heterocycles. The van der Waals surface area contributed by atoms with Crippen molar-refractivity contribution in [3.63, 3.8) is 0 Å². The van der Waals surface area contributed by atoms with E-state index in [1.807, 2.05) is 0 Å². The molecule has 0 spiro atoms. The molecule has 29 heavy (non-hydrogen) atoms. The topological polar surface area (TPSA) is 125 Å². The monoisotopic (exact) mass is 415 g/mol. The van der Waals surface area contributed by atoms with Gasteiger partial charge in [0, 0.05) is 35.3 Å². The van der Waals surface area contributed by atoms with E-state index >= 15 is 0 Å². The first kappa shape index (κ1) is 22.0. The van der Waals surface area contributed by atoms with Gasteiger partial charge in [0.15, 0.2) is 0 Å². The zero-order valence-electron chi connectivity index (χ0n) is 15.7. The minimum Gasteiger partial charge on any atom is -0.481 e. The molecule has 9 heteroatoms. The lowest BCUT2D eigenvalue weighted by atomic mass is 10.2. The minimum absolute atomic E-state index is 0.0855. The van der Waals surface area contributed by atoms with Gasteiger partial charge in [-0.25, -0.2) is 0 Å². The second-order valence-electron chi connectivity index (χ2n) is 6.06. The molecule has 0 saturated heterocycles. The molecule has 0 unspecified atom stereocenters. The van der Waals surface area contributed by atoms with Crippen LogP contribution >= 0.6 is 11.8 Å². The summed E-state index contributed by atoms with van der Waals surface area (Å²) >= 11 is 1.34. The Labute approximate surface area is 172 Å². The van der Waals surface area contributed by atoms with Crippen LogP contribution in [0.15, 0.2) is 53.4 Å². The third kappa shape index (κ3) is 8.48. The predicted octanol–water partition coefficient (Wildman–Crippen LogP) is 3.18. The van der Waals surface area contributed by atoms with Crippen LogP contribution in [0.2, 0.25) is 0 Å². The summed E-state index contributed by atoms with van der Waals surface area (Å²) in [6, 6.07) is 13.7. The SMILES string of the molecule is CC(=O)Nc1ccc(NC(=O)CSc2ccc(NC(=O)CCC(=O)O)cc2)cc1. The van der Waals surface area contributed by atoms with E-state index in [-0.39, 0.29) is 36.3 Å². The average molecular weight is 415 g/mol. The van der Waals surface area contributed by atoms with Gasteiger partial charge >= 0.3 is 5.97 Å². The molecule has 2 rings (SSSR count). The molecule has 0 radical (unpaired) electrons. The van der Waals surface area contributed by atoms with Gasteiger partial charge in [-0.1, -0.05) is 0 Å². The summed E-state index contributed by atoms with van der Waals surface area (Å²) in [4.78, 5) is 46.0. The largest absolute Gasteiger partial charge is 0.481 e. The van der Waals surface area contributed by atoms with Crippen LogP contribution in [0.4, 0.5) is 17.1 Å². The molecule has 0 fully saturated rings. The highest BCUT2D eigenvalue weighted by Crippen LogP contribution is 2.21. The number of aliphatic carboxylic acids is 1. The predicted molar refractivity (Wildman–Crippen MR) is 112 cm³/mol. The zero-order valence-corrected chi connectivity index (χ0v) is 16.5. The Balaban J connectivity index is 1.77. The maximum absolute atomic E-state index is 12.1. The van der Waals surface area contributed by atoms with E-state index in [0.717, 1.165) is 4.90 Å². The van der Waals surface area contributed by atoms with E-state index in [2.05, 4.69) is 16.0 Å². The number of hydrogen-bond donors (Lipinski definition) is 4. The summed E-state index contributed by atoms with van der Waals surface area (Å²) in [5.74, 6) is -1.51. The third-order valence-corrected chi connectivity index (χ3v) is 4.57. The van der Waals surface area contributed by atoms with Crippen LogP contribution in [-0.2, 0) is 19.2 Å². The second-order valence-corrected chi connectivity index (χ2v) is 7.11. The second kappa shape index (κ2) is 10.9. The number of thioether (sulfide) groups is 1. The number of carbonyl (C=O) groups excluding carboxylic acids is 3. The fourth-order valence-corrected chi connectivity index (χ4v) is 2.96. The van der Waals surface area contributed by atoms with Gasteiger partial charge in [0.2, 0.25) is 17.7 Å². The number of hydrogen-bond acceptors (Lipinski definition) is 5. The first-order valence-corrected chi connectivity index (χ1v) is 9.72. The standard InChI is InChI=1S/C20H21N3O5S/c1-13(24)21-14-2-4-15(5-3-14)23-19(26)12-29-17-8-6-16(7-9-17)22-18(25)10-11-20(27)28/h2-9H,10-12H2,1H3,(H,21,24)(H,22,25)(H,23,26)(H,27,28). The molecule has 0 atom stereocenters. The molecule has 2 aromatic carbocycles. The van der Waals surface area contributed by atoms with Crippen molar-refractivity contribution in [1.29, 1.82) is 0 Å². The van der Waals surface area contributed by atoms with E-state index in [9.17, 15) is 19.2 Å². The van der Waals surface area contributed by atoms with E-state index in [0.29, 0.717) is 17.1 Å². The molecule has 2 aromatic rings. The summed E-state index contributed by atoms with van der Waals surface area (Å²) < 4.78 is 0. The molecular weight excluding hydrogens is 394 g/mol.